The fraction of sp³-hybridized carbons (Fsp3) is 0.318. The number of anilines is 3. The Labute approximate surface area is 188 Å². The number of benzene rings is 1. The van der Waals surface area contributed by atoms with E-state index in [4.69, 9.17) is 0 Å². The van der Waals surface area contributed by atoms with E-state index in [1.54, 1.807) is 30.7 Å². The monoisotopic (exact) mass is 457 g/mol. The molecule has 0 radical (unpaired) electrons. The lowest BCUT2D eigenvalue weighted by Crippen LogP contribution is -2.40. The Bertz CT molecular complexity index is 1070. The molecule has 1 saturated heterocycles. The first kappa shape index (κ1) is 22.4. The summed E-state index contributed by atoms with van der Waals surface area (Å²) in [4.78, 5) is 22.7. The van der Waals surface area contributed by atoms with Crippen molar-refractivity contribution in [2.75, 3.05) is 23.3 Å². The van der Waals surface area contributed by atoms with Gasteiger partial charge in [0.15, 0.2) is 11.6 Å². The lowest BCUT2D eigenvalue weighted by molar-refractivity contribution is -0.137. The fourth-order valence-corrected chi connectivity index (χ4v) is 3.62. The molecule has 0 aliphatic carbocycles. The minimum atomic E-state index is -4.40. The maximum atomic E-state index is 12.8. The van der Waals surface area contributed by atoms with Crippen molar-refractivity contribution in [2.45, 2.75) is 25.6 Å². The number of halogens is 3. The van der Waals surface area contributed by atoms with E-state index in [2.05, 4.69) is 35.7 Å². The van der Waals surface area contributed by atoms with Crippen LogP contribution in [-0.4, -0.2) is 39.2 Å². The van der Waals surface area contributed by atoms with Crippen LogP contribution in [0.25, 0.3) is 0 Å². The van der Waals surface area contributed by atoms with Gasteiger partial charge >= 0.3 is 6.18 Å². The molecule has 0 saturated carbocycles. The highest BCUT2D eigenvalue weighted by atomic mass is 19.4. The summed E-state index contributed by atoms with van der Waals surface area (Å²) in [6, 6.07) is 8.63. The topological polar surface area (TPSA) is 95.9 Å². The molecule has 0 spiro atoms. The van der Waals surface area contributed by atoms with Gasteiger partial charge < -0.3 is 15.5 Å². The lowest BCUT2D eigenvalue weighted by Gasteiger charge is -2.31. The Balaban J connectivity index is 1.26. The molecule has 3 aromatic rings. The van der Waals surface area contributed by atoms with E-state index in [-0.39, 0.29) is 18.4 Å². The molecule has 33 heavy (non-hydrogen) atoms. The molecule has 8 nitrogen and oxygen atoms in total. The number of nitrogens with one attached hydrogen (secondary N) is 2. The number of nitrogens with zero attached hydrogens (tertiary/aromatic N) is 5. The smallest absolute Gasteiger partial charge is 0.355 e. The lowest BCUT2D eigenvalue weighted by atomic mass is 9.96. The zero-order valence-corrected chi connectivity index (χ0v) is 17.6. The molecular formula is C22H22F3N7O. The van der Waals surface area contributed by atoms with Gasteiger partial charge in [0.2, 0.25) is 5.91 Å². The standard InChI is InChI=1S/C22H22F3N7O/c23-22(24,25)17-3-1-2-15(12-17)13-28-21(33)16-6-10-32(11-7-16)20-5-4-18(30-31-20)29-19-14-26-8-9-27-19/h1-5,8-9,12,14,16H,6-7,10-11,13H2,(H,28,33)(H,27,29,30). The van der Waals surface area contributed by atoms with Gasteiger partial charge in [0.25, 0.3) is 0 Å². The average molecular weight is 457 g/mol. The van der Waals surface area contributed by atoms with Crippen LogP contribution in [0.4, 0.5) is 30.6 Å². The fourth-order valence-electron chi connectivity index (χ4n) is 3.62. The van der Waals surface area contributed by atoms with Crippen LogP contribution in [0.3, 0.4) is 0 Å². The van der Waals surface area contributed by atoms with E-state index in [1.807, 2.05) is 6.07 Å². The van der Waals surface area contributed by atoms with Crippen molar-refractivity contribution in [1.29, 1.82) is 0 Å². The number of aromatic nitrogens is 4. The molecule has 0 unspecified atom stereocenters. The summed E-state index contributed by atoms with van der Waals surface area (Å²) in [5.74, 6) is 1.47. The molecule has 3 heterocycles. The Hall–Kier alpha value is -3.76. The quantitative estimate of drug-likeness (QED) is 0.584. The molecule has 1 aliphatic rings. The summed E-state index contributed by atoms with van der Waals surface area (Å²) < 4.78 is 38.5. The van der Waals surface area contributed by atoms with E-state index >= 15 is 0 Å². The van der Waals surface area contributed by atoms with E-state index in [9.17, 15) is 18.0 Å². The predicted molar refractivity (Wildman–Crippen MR) is 116 cm³/mol. The second-order valence-corrected chi connectivity index (χ2v) is 7.67. The SMILES string of the molecule is O=C(NCc1cccc(C(F)(F)F)c1)C1CCN(c2ccc(Nc3cnccn3)nn2)CC1. The van der Waals surface area contributed by atoms with Gasteiger partial charge in [-0.25, -0.2) is 4.98 Å². The predicted octanol–water partition coefficient (Wildman–Crippen LogP) is 3.56. The normalized spacial score (nSPS) is 14.7. The largest absolute Gasteiger partial charge is 0.416 e. The molecule has 2 aromatic heterocycles. The summed E-state index contributed by atoms with van der Waals surface area (Å²) in [7, 11) is 0. The van der Waals surface area contributed by atoms with Crippen LogP contribution in [0.2, 0.25) is 0 Å². The van der Waals surface area contributed by atoms with Crippen molar-refractivity contribution in [1.82, 2.24) is 25.5 Å². The van der Waals surface area contributed by atoms with Crippen LogP contribution in [0.1, 0.15) is 24.0 Å². The number of rotatable bonds is 6. The van der Waals surface area contributed by atoms with Gasteiger partial charge in [-0.1, -0.05) is 12.1 Å². The maximum Gasteiger partial charge on any atom is 0.416 e. The van der Waals surface area contributed by atoms with Crippen molar-refractivity contribution in [3.8, 4) is 0 Å². The van der Waals surface area contributed by atoms with Gasteiger partial charge in [-0.05, 0) is 42.7 Å². The third kappa shape index (κ3) is 5.93. The molecule has 0 bridgehead atoms. The minimum Gasteiger partial charge on any atom is -0.355 e. The van der Waals surface area contributed by atoms with Crippen LogP contribution in [-0.2, 0) is 17.5 Å². The van der Waals surface area contributed by atoms with E-state index in [1.165, 1.54) is 6.07 Å². The van der Waals surface area contributed by atoms with E-state index in [0.29, 0.717) is 48.9 Å². The van der Waals surface area contributed by atoms with Crippen LogP contribution in [0.15, 0.2) is 55.0 Å². The van der Waals surface area contributed by atoms with Gasteiger partial charge in [-0.2, -0.15) is 13.2 Å². The number of carbonyl (C=O) groups is 1. The molecular weight excluding hydrogens is 435 g/mol. The third-order valence-electron chi connectivity index (χ3n) is 5.38. The van der Waals surface area contributed by atoms with Crippen LogP contribution < -0.4 is 15.5 Å². The number of hydrogen-bond acceptors (Lipinski definition) is 7. The Morgan fingerprint density at radius 3 is 2.55 bits per heavy atom. The molecule has 4 rings (SSSR count). The highest BCUT2D eigenvalue weighted by molar-refractivity contribution is 5.79. The molecule has 1 amide bonds. The third-order valence-corrected chi connectivity index (χ3v) is 5.38. The Kier molecular flexibility index (Phi) is 6.66. The maximum absolute atomic E-state index is 12.8. The number of carbonyl (C=O) groups excluding carboxylic acids is 1. The summed E-state index contributed by atoms with van der Waals surface area (Å²) in [5.41, 5.74) is -0.303. The number of amides is 1. The van der Waals surface area contributed by atoms with Gasteiger partial charge in [0.1, 0.15) is 5.82 Å². The second-order valence-electron chi connectivity index (χ2n) is 7.67. The first-order valence-electron chi connectivity index (χ1n) is 10.4. The first-order valence-corrected chi connectivity index (χ1v) is 10.4. The second kappa shape index (κ2) is 9.80. The van der Waals surface area contributed by atoms with E-state index in [0.717, 1.165) is 12.1 Å². The summed E-state index contributed by atoms with van der Waals surface area (Å²) >= 11 is 0. The highest BCUT2D eigenvalue weighted by Crippen LogP contribution is 2.29. The molecule has 0 atom stereocenters. The average Bonchev–Trinajstić information content (AvgIpc) is 2.83. The summed E-state index contributed by atoms with van der Waals surface area (Å²) in [5, 5.41) is 14.2. The summed E-state index contributed by atoms with van der Waals surface area (Å²) in [6.07, 6.45) is 1.57. The molecule has 2 N–H and O–H groups in total. The highest BCUT2D eigenvalue weighted by Gasteiger charge is 2.30. The van der Waals surface area contributed by atoms with Crippen molar-refractivity contribution in [3.63, 3.8) is 0 Å². The minimum absolute atomic E-state index is 0.0642. The van der Waals surface area contributed by atoms with Gasteiger partial charge in [0.05, 0.1) is 11.8 Å². The number of hydrogen-bond donors (Lipinski definition) is 2. The summed E-state index contributed by atoms with van der Waals surface area (Å²) in [6.45, 7) is 1.33. The van der Waals surface area contributed by atoms with Gasteiger partial charge in [-0.3, -0.25) is 9.78 Å². The number of piperidine rings is 1. The molecule has 1 fully saturated rings. The molecule has 1 aromatic carbocycles. The van der Waals surface area contributed by atoms with Crippen LogP contribution in [0.5, 0.6) is 0 Å². The van der Waals surface area contributed by atoms with Crippen molar-refractivity contribution in [2.24, 2.45) is 5.92 Å². The molecule has 11 heteroatoms. The first-order chi connectivity index (χ1) is 15.9. The van der Waals surface area contributed by atoms with E-state index < -0.39 is 11.7 Å². The zero-order chi connectivity index (χ0) is 23.3. The number of alkyl halides is 3. The molecule has 172 valence electrons. The van der Waals surface area contributed by atoms with Crippen LogP contribution >= 0.6 is 0 Å². The van der Waals surface area contributed by atoms with Gasteiger partial charge in [0, 0.05) is 37.9 Å². The molecule has 1 aliphatic heterocycles. The zero-order valence-electron chi connectivity index (χ0n) is 17.6. The van der Waals surface area contributed by atoms with Crippen molar-refractivity contribution in [3.05, 3.63) is 66.1 Å². The Morgan fingerprint density at radius 1 is 1.06 bits per heavy atom. The Morgan fingerprint density at radius 2 is 1.88 bits per heavy atom. The van der Waals surface area contributed by atoms with Gasteiger partial charge in [-0.15, -0.1) is 10.2 Å². The van der Waals surface area contributed by atoms with Crippen LogP contribution in [0, 0.1) is 5.92 Å². The van der Waals surface area contributed by atoms with Crippen molar-refractivity contribution < 1.29 is 18.0 Å². The van der Waals surface area contributed by atoms with Crippen molar-refractivity contribution >= 4 is 23.4 Å².